The number of carbonyl (C=O) groups excluding carboxylic acids is 1. The summed E-state index contributed by atoms with van der Waals surface area (Å²) < 4.78 is 18.9. The molecule has 0 aliphatic carbocycles. The van der Waals surface area contributed by atoms with Crippen LogP contribution in [0.1, 0.15) is 23.0 Å². The number of furan rings is 1. The predicted molar refractivity (Wildman–Crippen MR) is 66.7 cm³/mol. The molecule has 2 rings (SSSR count). The Balaban J connectivity index is 2.39. The van der Waals surface area contributed by atoms with Gasteiger partial charge in [-0.3, -0.25) is 4.79 Å². The van der Waals surface area contributed by atoms with E-state index in [-0.39, 0.29) is 17.4 Å². The fraction of sp³-hybridized carbons (Fsp3) is 0.154. The summed E-state index contributed by atoms with van der Waals surface area (Å²) in [5.74, 6) is 0.342. The highest BCUT2D eigenvalue weighted by molar-refractivity contribution is 9.08. The molecule has 0 unspecified atom stereocenters. The Bertz CT molecular complexity index is 560. The lowest BCUT2D eigenvalue weighted by Gasteiger charge is -2.01. The Labute approximate surface area is 107 Å². The average Bonchev–Trinajstić information content (AvgIpc) is 2.78. The number of benzene rings is 1. The van der Waals surface area contributed by atoms with Crippen molar-refractivity contribution in [2.45, 2.75) is 12.3 Å². The molecule has 0 saturated carbocycles. The van der Waals surface area contributed by atoms with Gasteiger partial charge in [0.2, 0.25) is 0 Å². The highest BCUT2D eigenvalue weighted by Crippen LogP contribution is 2.25. The third kappa shape index (κ3) is 2.47. The minimum atomic E-state index is -0.292. The maximum absolute atomic E-state index is 13.6. The number of hydrogen-bond donors (Lipinski definition) is 0. The average molecular weight is 297 g/mol. The van der Waals surface area contributed by atoms with E-state index in [2.05, 4.69) is 15.9 Å². The summed E-state index contributed by atoms with van der Waals surface area (Å²) in [6.45, 7) is 1.43. The molecule has 1 aromatic heterocycles. The number of Topliss-reactive ketones (excluding diaryl/α,β-unsaturated/α-hetero) is 1. The summed E-state index contributed by atoms with van der Waals surface area (Å²) >= 11 is 3.20. The van der Waals surface area contributed by atoms with Gasteiger partial charge in [-0.15, -0.1) is 0 Å². The van der Waals surface area contributed by atoms with Crippen LogP contribution >= 0.6 is 15.9 Å². The first-order valence-electron chi connectivity index (χ1n) is 5.07. The summed E-state index contributed by atoms with van der Waals surface area (Å²) in [7, 11) is 0. The second kappa shape index (κ2) is 4.84. The molecule has 0 saturated heterocycles. The van der Waals surface area contributed by atoms with Crippen molar-refractivity contribution in [2.75, 3.05) is 0 Å². The molecular formula is C13H10BrFO2. The van der Waals surface area contributed by atoms with Gasteiger partial charge in [-0.1, -0.05) is 28.1 Å². The lowest BCUT2D eigenvalue weighted by atomic mass is 10.1. The Kier molecular flexibility index (Phi) is 3.43. The maximum Gasteiger partial charge on any atom is 0.194 e. The van der Waals surface area contributed by atoms with Crippen LogP contribution in [0.5, 0.6) is 0 Å². The van der Waals surface area contributed by atoms with Gasteiger partial charge >= 0.3 is 0 Å². The van der Waals surface area contributed by atoms with Gasteiger partial charge in [0, 0.05) is 17.8 Å². The third-order valence-corrected chi connectivity index (χ3v) is 3.04. The Morgan fingerprint density at radius 1 is 1.35 bits per heavy atom. The largest absolute Gasteiger partial charge is 0.453 e. The third-order valence-electron chi connectivity index (χ3n) is 2.43. The summed E-state index contributed by atoms with van der Waals surface area (Å²) in [6, 6.07) is 8.12. The van der Waals surface area contributed by atoms with Gasteiger partial charge in [0.05, 0.1) is 0 Å². The molecule has 0 bridgehead atoms. The zero-order chi connectivity index (χ0) is 12.4. The van der Waals surface area contributed by atoms with Crippen molar-refractivity contribution in [2.24, 2.45) is 0 Å². The standard InChI is InChI=1S/C13H10BrFO2/c1-8(16)12-4-5-13(17-12)9-2-3-10(7-14)11(15)6-9/h2-6H,7H2,1H3. The maximum atomic E-state index is 13.6. The van der Waals surface area contributed by atoms with Crippen LogP contribution in [0.25, 0.3) is 11.3 Å². The van der Waals surface area contributed by atoms with E-state index in [4.69, 9.17) is 4.42 Å². The molecule has 1 aromatic carbocycles. The topological polar surface area (TPSA) is 30.2 Å². The van der Waals surface area contributed by atoms with Crippen molar-refractivity contribution in [1.29, 1.82) is 0 Å². The second-order valence-electron chi connectivity index (χ2n) is 3.66. The summed E-state index contributed by atoms with van der Waals surface area (Å²) in [6.07, 6.45) is 0. The summed E-state index contributed by atoms with van der Waals surface area (Å²) in [5, 5.41) is 0.468. The van der Waals surface area contributed by atoms with Crippen molar-refractivity contribution in [1.82, 2.24) is 0 Å². The van der Waals surface area contributed by atoms with Crippen molar-refractivity contribution >= 4 is 21.7 Å². The van der Waals surface area contributed by atoms with E-state index in [0.717, 1.165) is 0 Å². The highest BCUT2D eigenvalue weighted by Gasteiger charge is 2.10. The minimum absolute atomic E-state index is 0.145. The molecule has 0 amide bonds. The smallest absolute Gasteiger partial charge is 0.194 e. The summed E-state index contributed by atoms with van der Waals surface area (Å²) in [5.41, 5.74) is 1.21. The van der Waals surface area contributed by atoms with Crippen LogP contribution in [-0.2, 0) is 5.33 Å². The van der Waals surface area contributed by atoms with Crippen molar-refractivity contribution in [3.8, 4) is 11.3 Å². The summed E-state index contributed by atoms with van der Waals surface area (Å²) in [4.78, 5) is 11.1. The van der Waals surface area contributed by atoms with Crippen molar-refractivity contribution in [3.05, 3.63) is 47.5 Å². The van der Waals surface area contributed by atoms with E-state index < -0.39 is 0 Å². The number of rotatable bonds is 3. The van der Waals surface area contributed by atoms with Gasteiger partial charge in [0.25, 0.3) is 0 Å². The molecule has 2 nitrogen and oxygen atoms in total. The second-order valence-corrected chi connectivity index (χ2v) is 4.22. The van der Waals surface area contributed by atoms with E-state index in [1.54, 1.807) is 24.3 Å². The first-order chi connectivity index (χ1) is 8.11. The molecular weight excluding hydrogens is 287 g/mol. The molecule has 2 aromatic rings. The van der Waals surface area contributed by atoms with Crippen LogP contribution in [0.4, 0.5) is 4.39 Å². The number of carbonyl (C=O) groups is 1. The van der Waals surface area contributed by atoms with Gasteiger partial charge in [-0.25, -0.2) is 4.39 Å². The van der Waals surface area contributed by atoms with Gasteiger partial charge in [0.15, 0.2) is 11.5 Å². The number of ketones is 1. The lowest BCUT2D eigenvalue weighted by molar-refractivity contribution is 0.0988. The molecule has 0 fully saturated rings. The van der Waals surface area contributed by atoms with Gasteiger partial charge in [0.1, 0.15) is 11.6 Å². The van der Waals surface area contributed by atoms with Gasteiger partial charge < -0.3 is 4.42 Å². The van der Waals surface area contributed by atoms with E-state index >= 15 is 0 Å². The van der Waals surface area contributed by atoms with E-state index in [0.29, 0.717) is 22.2 Å². The Morgan fingerprint density at radius 2 is 2.12 bits per heavy atom. The van der Waals surface area contributed by atoms with Crippen molar-refractivity contribution < 1.29 is 13.6 Å². The van der Waals surface area contributed by atoms with E-state index in [1.165, 1.54) is 13.0 Å². The zero-order valence-electron chi connectivity index (χ0n) is 9.17. The lowest BCUT2D eigenvalue weighted by Crippen LogP contribution is -1.87. The van der Waals surface area contributed by atoms with E-state index in [1.807, 2.05) is 0 Å². The fourth-order valence-corrected chi connectivity index (χ4v) is 1.95. The fourth-order valence-electron chi connectivity index (χ4n) is 1.49. The molecule has 88 valence electrons. The molecule has 0 aliphatic heterocycles. The highest BCUT2D eigenvalue weighted by atomic mass is 79.9. The van der Waals surface area contributed by atoms with Gasteiger partial charge in [-0.05, 0) is 23.8 Å². The van der Waals surface area contributed by atoms with Crippen LogP contribution in [0.15, 0.2) is 34.7 Å². The number of halogens is 2. The molecule has 0 N–H and O–H groups in total. The quantitative estimate of drug-likeness (QED) is 0.628. The Hall–Kier alpha value is -1.42. The van der Waals surface area contributed by atoms with E-state index in [9.17, 15) is 9.18 Å². The first-order valence-corrected chi connectivity index (χ1v) is 6.19. The van der Waals surface area contributed by atoms with Crippen molar-refractivity contribution in [3.63, 3.8) is 0 Å². The SMILES string of the molecule is CC(=O)c1ccc(-c2ccc(CBr)c(F)c2)o1. The number of hydrogen-bond acceptors (Lipinski definition) is 2. The molecule has 4 heteroatoms. The molecule has 0 atom stereocenters. The first kappa shape index (κ1) is 12.0. The zero-order valence-corrected chi connectivity index (χ0v) is 10.8. The Morgan fingerprint density at radius 3 is 2.65 bits per heavy atom. The molecule has 0 spiro atoms. The number of alkyl halides is 1. The molecule has 17 heavy (non-hydrogen) atoms. The molecule has 0 radical (unpaired) electrons. The monoisotopic (exact) mass is 296 g/mol. The molecule has 0 aliphatic rings. The normalized spacial score (nSPS) is 10.5. The minimum Gasteiger partial charge on any atom is -0.453 e. The van der Waals surface area contributed by atoms with Crippen LogP contribution < -0.4 is 0 Å². The molecule has 1 heterocycles. The predicted octanol–water partition coefficient (Wildman–Crippen LogP) is 4.18. The van der Waals surface area contributed by atoms with Crippen LogP contribution in [0.3, 0.4) is 0 Å². The van der Waals surface area contributed by atoms with Gasteiger partial charge in [-0.2, -0.15) is 0 Å². The van der Waals surface area contributed by atoms with Crippen LogP contribution in [0, 0.1) is 5.82 Å². The van der Waals surface area contributed by atoms with Crippen LogP contribution in [0.2, 0.25) is 0 Å². The van der Waals surface area contributed by atoms with Crippen LogP contribution in [-0.4, -0.2) is 5.78 Å².